The van der Waals surface area contributed by atoms with Crippen molar-refractivity contribution < 1.29 is 27.1 Å². The van der Waals surface area contributed by atoms with Crippen molar-refractivity contribution in [2.24, 2.45) is 5.92 Å². The lowest BCUT2D eigenvalue weighted by Gasteiger charge is -2.46. The van der Waals surface area contributed by atoms with E-state index in [-0.39, 0.29) is 12.1 Å². The summed E-state index contributed by atoms with van der Waals surface area (Å²) in [4.78, 5) is 14.7. The first-order chi connectivity index (χ1) is 10.8. The maximum Gasteiger partial charge on any atom is 0.419 e. The molecular weight excluding hydrogens is 314 g/mol. The lowest BCUT2D eigenvalue weighted by atomic mass is 9.80. The van der Waals surface area contributed by atoms with E-state index >= 15 is 0 Å². The third kappa shape index (κ3) is 2.99. The van der Waals surface area contributed by atoms with E-state index in [1.807, 2.05) is 7.05 Å². The Balaban J connectivity index is 1.91. The van der Waals surface area contributed by atoms with Crippen LogP contribution in [-0.4, -0.2) is 43.0 Å². The first-order valence-electron chi connectivity index (χ1n) is 7.48. The number of carbonyl (C=O) groups excluding carboxylic acids is 1. The van der Waals surface area contributed by atoms with E-state index in [4.69, 9.17) is 4.74 Å². The average molecular weight is 331 g/mol. The van der Waals surface area contributed by atoms with Crippen molar-refractivity contribution in [3.05, 3.63) is 35.1 Å². The topological polar surface area (TPSA) is 29.5 Å². The maximum absolute atomic E-state index is 13.7. The fourth-order valence-corrected chi connectivity index (χ4v) is 3.55. The second kappa shape index (κ2) is 5.87. The van der Waals surface area contributed by atoms with E-state index in [0.717, 1.165) is 18.2 Å². The van der Waals surface area contributed by atoms with Crippen LogP contribution in [0.3, 0.4) is 0 Å². The highest BCUT2D eigenvalue weighted by Gasteiger charge is 2.43. The van der Waals surface area contributed by atoms with Crippen LogP contribution in [0, 0.1) is 11.7 Å². The van der Waals surface area contributed by atoms with Crippen LogP contribution in [0.15, 0.2) is 18.2 Å². The molecule has 2 bridgehead atoms. The monoisotopic (exact) mass is 331 g/mol. The fraction of sp³-hybridized carbons (Fsp3) is 0.562. The summed E-state index contributed by atoms with van der Waals surface area (Å²) in [5.41, 5.74) is -2.02. The number of hydrogen-bond donors (Lipinski definition) is 0. The molecule has 7 heteroatoms. The number of carbonyl (C=O) groups is 1. The highest BCUT2D eigenvalue weighted by molar-refractivity contribution is 5.99. The van der Waals surface area contributed by atoms with Gasteiger partial charge in [-0.05, 0) is 26.0 Å². The molecule has 1 aromatic carbocycles. The summed E-state index contributed by atoms with van der Waals surface area (Å²) >= 11 is 0. The zero-order valence-electron chi connectivity index (χ0n) is 12.6. The molecule has 0 spiro atoms. The number of fused-ring (bicyclic) bond motifs is 2. The van der Waals surface area contributed by atoms with Gasteiger partial charge in [-0.1, -0.05) is 12.1 Å². The zero-order valence-corrected chi connectivity index (χ0v) is 12.6. The third-order valence-electron chi connectivity index (χ3n) is 4.82. The number of morpholine rings is 1. The van der Waals surface area contributed by atoms with Gasteiger partial charge in [0.05, 0.1) is 13.2 Å². The van der Waals surface area contributed by atoms with Gasteiger partial charge in [0.1, 0.15) is 11.4 Å². The Morgan fingerprint density at radius 2 is 1.83 bits per heavy atom. The molecule has 0 N–H and O–H groups in total. The van der Waals surface area contributed by atoms with E-state index in [0.29, 0.717) is 26.1 Å². The molecular formula is C16H17F4NO2. The van der Waals surface area contributed by atoms with Crippen molar-refractivity contribution in [3.63, 3.8) is 0 Å². The van der Waals surface area contributed by atoms with Gasteiger partial charge in [-0.15, -0.1) is 0 Å². The molecule has 2 fully saturated rings. The average Bonchev–Trinajstić information content (AvgIpc) is 2.44. The van der Waals surface area contributed by atoms with Crippen LogP contribution < -0.4 is 0 Å². The highest BCUT2D eigenvalue weighted by atomic mass is 19.4. The van der Waals surface area contributed by atoms with Crippen molar-refractivity contribution in [1.82, 2.24) is 4.90 Å². The molecule has 23 heavy (non-hydrogen) atoms. The number of piperidine rings is 1. The van der Waals surface area contributed by atoms with Crippen molar-refractivity contribution >= 4 is 5.78 Å². The van der Waals surface area contributed by atoms with Crippen molar-refractivity contribution in [2.75, 3.05) is 20.3 Å². The lowest BCUT2D eigenvalue weighted by molar-refractivity contribution is -0.140. The number of ketones is 1. The summed E-state index contributed by atoms with van der Waals surface area (Å²) in [7, 11) is 1.93. The summed E-state index contributed by atoms with van der Waals surface area (Å²) < 4.78 is 58.4. The predicted molar refractivity (Wildman–Crippen MR) is 74.6 cm³/mol. The van der Waals surface area contributed by atoms with Crippen molar-refractivity contribution in [3.8, 4) is 0 Å². The van der Waals surface area contributed by atoms with E-state index in [9.17, 15) is 22.4 Å². The molecule has 0 amide bonds. The van der Waals surface area contributed by atoms with E-state index in [2.05, 4.69) is 4.90 Å². The van der Waals surface area contributed by atoms with Gasteiger partial charge in [-0.2, -0.15) is 13.2 Å². The number of benzene rings is 1. The largest absolute Gasteiger partial charge is 0.419 e. The Kier molecular flexibility index (Phi) is 4.18. The molecule has 126 valence electrons. The van der Waals surface area contributed by atoms with Gasteiger partial charge >= 0.3 is 6.18 Å². The van der Waals surface area contributed by atoms with Crippen LogP contribution in [-0.2, 0) is 10.9 Å². The van der Waals surface area contributed by atoms with Gasteiger partial charge in [0.2, 0.25) is 0 Å². The predicted octanol–water partition coefficient (Wildman–Crippen LogP) is 3.14. The quantitative estimate of drug-likeness (QED) is 0.616. The molecule has 2 aliphatic rings. The summed E-state index contributed by atoms with van der Waals surface area (Å²) in [6.07, 6.45) is -4.03. The number of Topliss-reactive ketones (excluding diaryl/α,β-unsaturated/α-hetero) is 1. The van der Waals surface area contributed by atoms with Gasteiger partial charge in [0, 0.05) is 23.6 Å². The Morgan fingerprint density at radius 1 is 1.22 bits per heavy atom. The van der Waals surface area contributed by atoms with Crippen LogP contribution in [0.1, 0.15) is 28.8 Å². The van der Waals surface area contributed by atoms with Gasteiger partial charge in [0.25, 0.3) is 0 Å². The molecule has 0 radical (unpaired) electrons. The smallest absolute Gasteiger partial charge is 0.378 e. The van der Waals surface area contributed by atoms with E-state index in [1.165, 1.54) is 0 Å². The standard InChI is InChI=1S/C16H17F4NO2/c1-21-10-5-9(6-11(21)8-23-7-10)15(22)12-3-2-4-13(17)14(12)16(18,19)20/h2-4,9-11H,5-8H2,1H3. The molecule has 3 nitrogen and oxygen atoms in total. The number of nitrogens with zero attached hydrogens (tertiary/aromatic N) is 1. The molecule has 0 saturated carbocycles. The van der Waals surface area contributed by atoms with Gasteiger partial charge in [-0.3, -0.25) is 9.69 Å². The minimum absolute atomic E-state index is 0.0133. The Labute approximate surface area is 131 Å². The number of rotatable bonds is 2. The summed E-state index contributed by atoms with van der Waals surface area (Å²) in [6, 6.07) is 2.98. The normalized spacial score (nSPS) is 28.7. The number of ether oxygens (including phenoxy) is 1. The van der Waals surface area contributed by atoms with Crippen LogP contribution in [0.4, 0.5) is 17.6 Å². The van der Waals surface area contributed by atoms with Crippen LogP contribution in [0.2, 0.25) is 0 Å². The van der Waals surface area contributed by atoms with Crippen LogP contribution in [0.25, 0.3) is 0 Å². The minimum Gasteiger partial charge on any atom is -0.378 e. The molecule has 1 aromatic rings. The summed E-state index contributed by atoms with van der Waals surface area (Å²) in [5, 5.41) is 0. The SMILES string of the molecule is CN1C2COCC1CC(C(=O)c1cccc(F)c1C(F)(F)F)C2. The van der Waals surface area contributed by atoms with E-state index < -0.39 is 34.8 Å². The first-order valence-corrected chi connectivity index (χ1v) is 7.48. The Morgan fingerprint density at radius 3 is 2.39 bits per heavy atom. The molecule has 2 aliphatic heterocycles. The van der Waals surface area contributed by atoms with Crippen LogP contribution >= 0.6 is 0 Å². The molecule has 2 saturated heterocycles. The molecule has 2 unspecified atom stereocenters. The zero-order chi connectivity index (χ0) is 16.8. The summed E-state index contributed by atoms with van der Waals surface area (Å²) in [6.45, 7) is 0.929. The van der Waals surface area contributed by atoms with Gasteiger partial charge < -0.3 is 4.74 Å². The molecule has 0 aliphatic carbocycles. The molecule has 0 aromatic heterocycles. The van der Waals surface area contributed by atoms with Gasteiger partial charge in [0.15, 0.2) is 5.78 Å². The number of halogens is 4. The van der Waals surface area contributed by atoms with Crippen LogP contribution in [0.5, 0.6) is 0 Å². The molecule has 2 heterocycles. The highest BCUT2D eigenvalue weighted by Crippen LogP contribution is 2.38. The number of hydrogen-bond acceptors (Lipinski definition) is 3. The van der Waals surface area contributed by atoms with Gasteiger partial charge in [-0.25, -0.2) is 4.39 Å². The fourth-order valence-electron chi connectivity index (χ4n) is 3.55. The maximum atomic E-state index is 13.7. The van der Waals surface area contributed by atoms with E-state index in [1.54, 1.807) is 0 Å². The lowest BCUT2D eigenvalue weighted by Crippen LogP contribution is -2.55. The molecule has 2 atom stereocenters. The summed E-state index contributed by atoms with van der Waals surface area (Å²) in [5.74, 6) is -2.56. The molecule has 3 rings (SSSR count). The van der Waals surface area contributed by atoms with Crippen molar-refractivity contribution in [1.29, 1.82) is 0 Å². The minimum atomic E-state index is -4.89. The van der Waals surface area contributed by atoms with Crippen molar-refractivity contribution in [2.45, 2.75) is 31.1 Å². The Bertz CT molecular complexity index is 603. The number of likely N-dealkylation sites (N-methyl/N-ethyl adjacent to an activating group) is 1. The third-order valence-corrected chi connectivity index (χ3v) is 4.82. The first kappa shape index (κ1) is 16.4. The Hall–Kier alpha value is -1.47. The second-order valence-corrected chi connectivity index (χ2v) is 6.20. The second-order valence-electron chi connectivity index (χ2n) is 6.20. The number of alkyl halides is 3.